The Bertz CT molecular complexity index is 262. The number of hydrogen-bond donors (Lipinski definition) is 1. The summed E-state index contributed by atoms with van der Waals surface area (Å²) in [5.41, 5.74) is 0. The van der Waals surface area contributed by atoms with Crippen molar-refractivity contribution in [3.63, 3.8) is 0 Å². The average Bonchev–Trinajstić information content (AvgIpc) is 2.39. The summed E-state index contributed by atoms with van der Waals surface area (Å²) in [6.07, 6.45) is 12.2. The molecule has 122 valence electrons. The monoisotopic (exact) mass is 330 g/mol. The minimum Gasteiger partial charge on any atom is -0.326 e. The first-order valence-electron chi connectivity index (χ1n) is 7.41. The quantitative estimate of drug-likeness (QED) is 0.204. The highest BCUT2D eigenvalue weighted by Gasteiger charge is 2.03. The molecule has 0 bridgehead atoms. The fourth-order valence-corrected chi connectivity index (χ4v) is 2.71. The first-order valence-corrected chi connectivity index (χ1v) is 9.90. The van der Waals surface area contributed by atoms with Crippen LogP contribution in [0.3, 0.4) is 0 Å². The lowest BCUT2D eigenvalue weighted by Crippen LogP contribution is -1.92. The van der Waals surface area contributed by atoms with E-state index in [9.17, 15) is 9.13 Å². The third kappa shape index (κ3) is 16.4. The van der Waals surface area contributed by atoms with Crippen LogP contribution in [0.5, 0.6) is 0 Å². The Hall–Kier alpha value is 0.300. The zero-order chi connectivity index (χ0) is 15.1. The van der Waals surface area contributed by atoms with Gasteiger partial charge < -0.3 is 4.89 Å². The van der Waals surface area contributed by atoms with Gasteiger partial charge in [0.2, 0.25) is 0 Å². The third-order valence-electron chi connectivity index (χ3n) is 2.88. The predicted molar refractivity (Wildman–Crippen MR) is 80.2 cm³/mol. The van der Waals surface area contributed by atoms with Crippen molar-refractivity contribution in [3.05, 3.63) is 0 Å². The minimum atomic E-state index is -3.22. The summed E-state index contributed by atoms with van der Waals surface area (Å²) >= 11 is 0. The van der Waals surface area contributed by atoms with Gasteiger partial charge in [0.25, 0.3) is 0 Å². The van der Waals surface area contributed by atoms with Gasteiger partial charge >= 0.3 is 16.5 Å². The SMILES string of the molecule is CCCCCCCCCCCCOO[PH](=O)O[PH](=O)O. The van der Waals surface area contributed by atoms with Crippen molar-refractivity contribution in [2.24, 2.45) is 0 Å². The fraction of sp³-hybridized carbons (Fsp3) is 1.00. The molecule has 0 saturated carbocycles. The molecule has 0 amide bonds. The molecule has 2 atom stereocenters. The summed E-state index contributed by atoms with van der Waals surface area (Å²) in [7, 11) is -6.21. The molecule has 0 aliphatic heterocycles. The number of hydrogen-bond acceptors (Lipinski definition) is 5. The first kappa shape index (κ1) is 20.3. The molecule has 0 fully saturated rings. The van der Waals surface area contributed by atoms with Crippen molar-refractivity contribution in [2.75, 3.05) is 6.61 Å². The Kier molecular flexibility index (Phi) is 15.9. The van der Waals surface area contributed by atoms with Crippen LogP contribution in [0.1, 0.15) is 71.1 Å². The van der Waals surface area contributed by atoms with E-state index in [-0.39, 0.29) is 0 Å². The van der Waals surface area contributed by atoms with Gasteiger partial charge in [-0.2, -0.15) is 4.67 Å². The molecule has 0 aliphatic carbocycles. The summed E-state index contributed by atoms with van der Waals surface area (Å²) < 4.78 is 29.4. The molecule has 20 heavy (non-hydrogen) atoms. The van der Waals surface area contributed by atoms with Gasteiger partial charge in [-0.15, -0.1) is 0 Å². The first-order chi connectivity index (χ1) is 9.66. The van der Waals surface area contributed by atoms with Crippen LogP contribution in [-0.4, -0.2) is 11.5 Å². The molecule has 2 unspecified atom stereocenters. The van der Waals surface area contributed by atoms with Crippen LogP contribution in [-0.2, 0) is 23.0 Å². The summed E-state index contributed by atoms with van der Waals surface area (Å²) in [5.74, 6) is 0. The highest BCUT2D eigenvalue weighted by molar-refractivity contribution is 7.46. The van der Waals surface area contributed by atoms with E-state index in [1.165, 1.54) is 44.9 Å². The van der Waals surface area contributed by atoms with Crippen molar-refractivity contribution >= 4 is 16.5 Å². The van der Waals surface area contributed by atoms with Crippen molar-refractivity contribution < 1.29 is 27.9 Å². The summed E-state index contributed by atoms with van der Waals surface area (Å²) in [4.78, 5) is 13.0. The lowest BCUT2D eigenvalue weighted by atomic mass is 10.1. The highest BCUT2D eigenvalue weighted by Crippen LogP contribution is 2.36. The Balaban J connectivity index is 3.09. The molecular weight excluding hydrogens is 302 g/mol. The second kappa shape index (κ2) is 15.7. The molecule has 6 nitrogen and oxygen atoms in total. The van der Waals surface area contributed by atoms with E-state index >= 15 is 0 Å². The second-order valence-corrected chi connectivity index (χ2v) is 6.72. The van der Waals surface area contributed by atoms with E-state index in [1.54, 1.807) is 0 Å². The van der Waals surface area contributed by atoms with Gasteiger partial charge in [-0.1, -0.05) is 64.7 Å². The highest BCUT2D eigenvalue weighted by atomic mass is 31.2. The number of unbranched alkanes of at least 4 members (excludes halogenated alkanes) is 9. The van der Waals surface area contributed by atoms with E-state index in [0.29, 0.717) is 6.61 Å². The van der Waals surface area contributed by atoms with Gasteiger partial charge in [0.05, 0.1) is 6.61 Å². The summed E-state index contributed by atoms with van der Waals surface area (Å²) in [6.45, 7) is 2.54. The van der Waals surface area contributed by atoms with Gasteiger partial charge in [0.15, 0.2) is 0 Å². The summed E-state index contributed by atoms with van der Waals surface area (Å²) in [5, 5.41) is 0. The topological polar surface area (TPSA) is 82.1 Å². The van der Waals surface area contributed by atoms with Crippen LogP contribution < -0.4 is 0 Å². The van der Waals surface area contributed by atoms with Crippen LogP contribution in [0.25, 0.3) is 0 Å². The Labute approximate surface area is 123 Å². The van der Waals surface area contributed by atoms with E-state index in [0.717, 1.165) is 19.3 Å². The van der Waals surface area contributed by atoms with Crippen LogP contribution in [0, 0.1) is 0 Å². The zero-order valence-corrected chi connectivity index (χ0v) is 14.3. The normalized spacial score (nSPS) is 14.3. The largest absolute Gasteiger partial charge is 0.353 e. The van der Waals surface area contributed by atoms with E-state index < -0.39 is 16.5 Å². The second-order valence-electron chi connectivity index (χ2n) is 4.71. The molecule has 0 aromatic rings. The molecule has 0 aromatic heterocycles. The molecular formula is C12H28O6P2. The van der Waals surface area contributed by atoms with Crippen molar-refractivity contribution in [3.8, 4) is 0 Å². The van der Waals surface area contributed by atoms with Crippen molar-refractivity contribution in [2.45, 2.75) is 71.1 Å². The Morgan fingerprint density at radius 2 is 1.35 bits per heavy atom. The Morgan fingerprint density at radius 3 is 1.85 bits per heavy atom. The smallest absolute Gasteiger partial charge is 0.326 e. The molecule has 1 N–H and O–H groups in total. The van der Waals surface area contributed by atoms with Gasteiger partial charge in [-0.25, -0.2) is 9.20 Å². The van der Waals surface area contributed by atoms with E-state index in [4.69, 9.17) is 4.89 Å². The van der Waals surface area contributed by atoms with Crippen LogP contribution in [0.15, 0.2) is 0 Å². The predicted octanol–water partition coefficient (Wildman–Crippen LogP) is 4.64. The maximum Gasteiger partial charge on any atom is 0.353 e. The molecule has 0 aromatic carbocycles. The maximum atomic E-state index is 10.8. The van der Waals surface area contributed by atoms with Gasteiger partial charge in [0.1, 0.15) is 0 Å². The van der Waals surface area contributed by atoms with E-state index in [1.807, 2.05) is 0 Å². The van der Waals surface area contributed by atoms with Crippen LogP contribution in [0.2, 0.25) is 0 Å². The van der Waals surface area contributed by atoms with Crippen molar-refractivity contribution in [1.82, 2.24) is 0 Å². The van der Waals surface area contributed by atoms with Crippen LogP contribution in [0.4, 0.5) is 0 Å². The van der Waals surface area contributed by atoms with E-state index in [2.05, 4.69) is 20.8 Å². The maximum absolute atomic E-state index is 10.8. The molecule has 8 heteroatoms. The zero-order valence-electron chi connectivity index (χ0n) is 12.3. The molecule has 0 radical (unpaired) electrons. The molecule has 0 heterocycles. The molecule has 0 saturated heterocycles. The molecule has 0 aliphatic rings. The molecule has 0 rings (SSSR count). The summed E-state index contributed by atoms with van der Waals surface area (Å²) in [6, 6.07) is 0. The lowest BCUT2D eigenvalue weighted by molar-refractivity contribution is -0.207. The van der Waals surface area contributed by atoms with Crippen molar-refractivity contribution in [1.29, 1.82) is 0 Å². The number of rotatable bonds is 15. The van der Waals surface area contributed by atoms with Gasteiger partial charge in [-0.05, 0) is 6.42 Å². The lowest BCUT2D eigenvalue weighted by Gasteiger charge is -2.03. The van der Waals surface area contributed by atoms with Crippen LogP contribution >= 0.6 is 16.5 Å². The molecule has 0 spiro atoms. The van der Waals surface area contributed by atoms with Gasteiger partial charge in [0, 0.05) is 0 Å². The standard InChI is InChI=1S/C12H28O6P2/c1-2-3-4-5-6-7-8-9-10-11-12-16-17-20(15)18-19(13)14/h19-20H,2-12H2,1H3,(H,13,14). The minimum absolute atomic E-state index is 0.322. The van der Waals surface area contributed by atoms with Gasteiger partial charge in [-0.3, -0.25) is 9.13 Å². The fourth-order valence-electron chi connectivity index (χ4n) is 1.83. The third-order valence-corrected chi connectivity index (χ3v) is 4.50. The Morgan fingerprint density at radius 1 is 0.850 bits per heavy atom. The average molecular weight is 330 g/mol.